The zero-order valence-electron chi connectivity index (χ0n) is 19.1. The Morgan fingerprint density at radius 1 is 0.862 bits per heavy atom. The van der Waals surface area contributed by atoms with Crippen LogP contribution >= 0.6 is 0 Å². The first kappa shape index (κ1) is 28.0. The Balaban J connectivity index is 0.000000543. The van der Waals surface area contributed by atoms with Crippen molar-refractivity contribution >= 4 is 17.2 Å². The quantitative estimate of drug-likeness (QED) is 0.245. The van der Waals surface area contributed by atoms with Crippen molar-refractivity contribution in [2.45, 2.75) is 85.9 Å². The molecular formula is C19H34BF3O5S. The summed E-state index contributed by atoms with van der Waals surface area (Å²) in [5.41, 5.74) is -5.81. The first-order valence-electron chi connectivity index (χ1n) is 9.10. The van der Waals surface area contributed by atoms with Gasteiger partial charge in [-0.1, -0.05) is 48.1 Å². The fourth-order valence-electron chi connectivity index (χ4n) is 1.64. The molecule has 170 valence electrons. The van der Waals surface area contributed by atoms with Crippen molar-refractivity contribution in [1.29, 1.82) is 0 Å². The Labute approximate surface area is 173 Å². The van der Waals surface area contributed by atoms with Gasteiger partial charge in [-0.25, -0.2) is 0 Å². The van der Waals surface area contributed by atoms with E-state index in [0.29, 0.717) is 0 Å². The van der Waals surface area contributed by atoms with Crippen LogP contribution in [-0.2, 0) is 23.6 Å². The van der Waals surface area contributed by atoms with Gasteiger partial charge in [0.15, 0.2) is 0 Å². The molecule has 1 saturated heterocycles. The third kappa shape index (κ3) is 7.33. The van der Waals surface area contributed by atoms with Gasteiger partial charge >= 0.3 is 22.7 Å². The van der Waals surface area contributed by atoms with E-state index in [1.54, 1.807) is 0 Å². The maximum Gasteiger partial charge on any atom is 0.534 e. The second-order valence-corrected chi connectivity index (χ2v) is 11.6. The van der Waals surface area contributed by atoms with Gasteiger partial charge in [-0.2, -0.15) is 21.6 Å². The van der Waals surface area contributed by atoms with Crippen molar-refractivity contribution in [3.05, 3.63) is 24.4 Å². The van der Waals surface area contributed by atoms with Crippen LogP contribution in [0.2, 0.25) is 0 Å². The lowest BCUT2D eigenvalue weighted by Crippen LogP contribution is -2.41. The molecule has 0 unspecified atom stereocenters. The molecule has 1 aliphatic rings. The van der Waals surface area contributed by atoms with Crippen molar-refractivity contribution in [2.75, 3.05) is 0 Å². The molecular weight excluding hydrogens is 408 g/mol. The summed E-state index contributed by atoms with van der Waals surface area (Å²) in [7, 11) is -5.86. The van der Waals surface area contributed by atoms with Gasteiger partial charge in [-0.05, 0) is 38.6 Å². The van der Waals surface area contributed by atoms with Gasteiger partial charge < -0.3 is 13.5 Å². The molecule has 0 bridgehead atoms. The second-order valence-electron chi connectivity index (χ2n) is 10.0. The van der Waals surface area contributed by atoms with Crippen LogP contribution in [0, 0.1) is 10.8 Å². The zero-order chi connectivity index (χ0) is 23.9. The Morgan fingerprint density at radius 3 is 1.45 bits per heavy atom. The third-order valence-corrected chi connectivity index (χ3v) is 5.82. The molecule has 0 spiro atoms. The molecule has 1 aliphatic heterocycles. The van der Waals surface area contributed by atoms with E-state index in [1.807, 2.05) is 0 Å². The van der Waals surface area contributed by atoms with E-state index in [-0.39, 0.29) is 23.7 Å². The first-order chi connectivity index (χ1) is 12.4. The van der Waals surface area contributed by atoms with Crippen LogP contribution in [-0.4, -0.2) is 32.2 Å². The highest BCUT2D eigenvalue weighted by molar-refractivity contribution is 7.87. The fourth-order valence-corrected chi connectivity index (χ4v) is 2.25. The standard InChI is InChI=1S/C12H23BO2.C7H11F3O3S/c1-9(10(2,3)4)13-14-11(5,6)12(7,8)15-13;1-5(6(2,3)4)13-14(11,12)7(8,9)10/h1H2,2-8H3;1H2,2-4H3. The van der Waals surface area contributed by atoms with Crippen LogP contribution in [0.4, 0.5) is 13.2 Å². The Morgan fingerprint density at radius 2 is 1.21 bits per heavy atom. The van der Waals surface area contributed by atoms with Gasteiger partial charge in [0.05, 0.1) is 11.2 Å². The molecule has 0 aromatic heterocycles. The topological polar surface area (TPSA) is 61.8 Å². The minimum Gasteiger partial charge on any atom is -0.400 e. The average Bonchev–Trinajstić information content (AvgIpc) is 2.63. The number of hydrogen-bond acceptors (Lipinski definition) is 5. The van der Waals surface area contributed by atoms with E-state index in [2.05, 4.69) is 65.8 Å². The van der Waals surface area contributed by atoms with E-state index in [9.17, 15) is 21.6 Å². The normalized spacial score (nSPS) is 19.3. The van der Waals surface area contributed by atoms with Crippen molar-refractivity contribution < 1.29 is 35.1 Å². The summed E-state index contributed by atoms with van der Waals surface area (Å²) in [4.78, 5) is 0. The minimum atomic E-state index is -5.58. The van der Waals surface area contributed by atoms with E-state index < -0.39 is 26.8 Å². The number of alkyl halides is 3. The number of allylic oxidation sites excluding steroid dienone is 2. The van der Waals surface area contributed by atoms with Crippen LogP contribution in [0.15, 0.2) is 24.4 Å². The van der Waals surface area contributed by atoms with E-state index in [4.69, 9.17) is 9.31 Å². The van der Waals surface area contributed by atoms with E-state index in [0.717, 1.165) is 5.47 Å². The molecule has 0 radical (unpaired) electrons. The molecule has 5 nitrogen and oxygen atoms in total. The maximum absolute atomic E-state index is 11.8. The molecule has 29 heavy (non-hydrogen) atoms. The average molecular weight is 442 g/mol. The Hall–Kier alpha value is -0.995. The SMILES string of the molecule is C=C(B1OC(C)(C)C(C)(C)O1)C(C)(C)C.C=C(OS(=O)(=O)C(F)(F)F)C(C)(C)C. The lowest BCUT2D eigenvalue weighted by Gasteiger charge is -2.32. The number of hydrogen-bond donors (Lipinski definition) is 0. The number of halogens is 3. The highest BCUT2D eigenvalue weighted by Crippen LogP contribution is 2.41. The largest absolute Gasteiger partial charge is 0.534 e. The van der Waals surface area contributed by atoms with Crippen LogP contribution in [0.25, 0.3) is 0 Å². The number of rotatable bonds is 3. The summed E-state index contributed by atoms with van der Waals surface area (Å²) in [6.45, 7) is 26.3. The summed E-state index contributed by atoms with van der Waals surface area (Å²) < 4.78 is 72.2. The molecule has 1 heterocycles. The summed E-state index contributed by atoms with van der Waals surface area (Å²) in [6, 6.07) is 0. The lowest BCUT2D eigenvalue weighted by molar-refractivity contribution is -0.0530. The zero-order valence-corrected chi connectivity index (χ0v) is 19.9. The van der Waals surface area contributed by atoms with Gasteiger partial charge in [-0.3, -0.25) is 0 Å². The smallest absolute Gasteiger partial charge is 0.400 e. The molecule has 0 aliphatic carbocycles. The Bertz CT molecular complexity index is 710. The van der Waals surface area contributed by atoms with Crippen LogP contribution in [0.1, 0.15) is 69.2 Å². The molecule has 0 aromatic carbocycles. The van der Waals surface area contributed by atoms with Crippen molar-refractivity contribution in [2.24, 2.45) is 10.8 Å². The van der Waals surface area contributed by atoms with Crippen LogP contribution in [0.3, 0.4) is 0 Å². The van der Waals surface area contributed by atoms with E-state index >= 15 is 0 Å². The fraction of sp³-hybridized carbons (Fsp3) is 0.789. The summed E-state index contributed by atoms with van der Waals surface area (Å²) in [5.74, 6) is -0.449. The molecule has 1 rings (SSSR count). The molecule has 0 amide bonds. The molecule has 10 heteroatoms. The third-order valence-electron chi connectivity index (χ3n) is 4.83. The molecule has 0 N–H and O–H groups in total. The summed E-state index contributed by atoms with van der Waals surface area (Å²) in [6.07, 6.45) is 0. The van der Waals surface area contributed by atoms with Crippen molar-refractivity contribution in [1.82, 2.24) is 0 Å². The van der Waals surface area contributed by atoms with Gasteiger partial charge in [0.25, 0.3) is 0 Å². The van der Waals surface area contributed by atoms with Gasteiger partial charge in [0.1, 0.15) is 5.76 Å². The van der Waals surface area contributed by atoms with Crippen LogP contribution in [0.5, 0.6) is 0 Å². The highest BCUT2D eigenvalue weighted by Gasteiger charge is 2.53. The summed E-state index contributed by atoms with van der Waals surface area (Å²) >= 11 is 0. The predicted octanol–water partition coefficient (Wildman–Crippen LogP) is 5.63. The maximum atomic E-state index is 11.8. The van der Waals surface area contributed by atoms with Gasteiger partial charge in [0.2, 0.25) is 0 Å². The lowest BCUT2D eigenvalue weighted by atomic mass is 9.66. The van der Waals surface area contributed by atoms with Crippen molar-refractivity contribution in [3.8, 4) is 0 Å². The highest BCUT2D eigenvalue weighted by atomic mass is 32.2. The van der Waals surface area contributed by atoms with Crippen molar-refractivity contribution in [3.63, 3.8) is 0 Å². The van der Waals surface area contributed by atoms with Gasteiger partial charge in [0, 0.05) is 5.41 Å². The predicted molar refractivity (Wildman–Crippen MR) is 109 cm³/mol. The molecule has 0 atom stereocenters. The molecule has 0 saturated carbocycles. The Kier molecular flexibility index (Phi) is 7.98. The summed E-state index contributed by atoms with van der Waals surface area (Å²) in [5, 5.41) is 0. The molecule has 0 aromatic rings. The minimum absolute atomic E-state index is 0.0150. The monoisotopic (exact) mass is 442 g/mol. The van der Waals surface area contributed by atoms with Gasteiger partial charge in [-0.15, -0.1) is 6.58 Å². The second kappa shape index (κ2) is 8.27. The van der Waals surface area contributed by atoms with Crippen LogP contribution < -0.4 is 0 Å². The van der Waals surface area contributed by atoms with E-state index in [1.165, 1.54) is 20.8 Å². The molecule has 1 fully saturated rings. The first-order valence-corrected chi connectivity index (χ1v) is 10.5.